The molecule has 1 aromatic heterocycles. The van der Waals surface area contributed by atoms with Gasteiger partial charge < -0.3 is 5.32 Å². The van der Waals surface area contributed by atoms with E-state index in [9.17, 15) is 4.79 Å². The predicted octanol–water partition coefficient (Wildman–Crippen LogP) is 4.01. The lowest BCUT2D eigenvalue weighted by Crippen LogP contribution is -2.34. The summed E-state index contributed by atoms with van der Waals surface area (Å²) in [4.78, 5) is 16.7. The number of amides is 1. The highest BCUT2D eigenvalue weighted by atomic mass is 35.5. The second-order valence-electron chi connectivity index (χ2n) is 6.02. The number of benzene rings is 1. The third kappa shape index (κ3) is 4.18. The van der Waals surface area contributed by atoms with Crippen molar-refractivity contribution in [3.8, 4) is 0 Å². The van der Waals surface area contributed by atoms with E-state index in [-0.39, 0.29) is 11.3 Å². The standard InChI is InChI=1S/C17H21ClN2O/c1-17(2,9-5-10-18)12-20-16(21)14-6-3-8-15-13(14)7-4-11-19-15/h3-4,6-8,11H,5,9-10,12H2,1-2H3,(H,20,21). The van der Waals surface area contributed by atoms with E-state index in [1.165, 1.54) is 0 Å². The molecule has 0 radical (unpaired) electrons. The molecule has 0 aliphatic carbocycles. The van der Waals surface area contributed by atoms with Crippen molar-refractivity contribution in [2.45, 2.75) is 26.7 Å². The summed E-state index contributed by atoms with van der Waals surface area (Å²) in [5.74, 6) is 0.611. The summed E-state index contributed by atoms with van der Waals surface area (Å²) in [5.41, 5.74) is 1.56. The number of rotatable bonds is 6. The summed E-state index contributed by atoms with van der Waals surface area (Å²) >= 11 is 5.74. The highest BCUT2D eigenvalue weighted by Crippen LogP contribution is 2.22. The van der Waals surface area contributed by atoms with Gasteiger partial charge in [-0.1, -0.05) is 26.0 Å². The fraction of sp³-hybridized carbons (Fsp3) is 0.412. The molecular formula is C17H21ClN2O. The van der Waals surface area contributed by atoms with Gasteiger partial charge in [0.25, 0.3) is 5.91 Å². The number of pyridine rings is 1. The first kappa shape index (κ1) is 15.8. The Morgan fingerprint density at radius 2 is 2.10 bits per heavy atom. The zero-order valence-electron chi connectivity index (χ0n) is 12.5. The molecule has 1 amide bonds. The van der Waals surface area contributed by atoms with Crippen molar-refractivity contribution in [3.05, 3.63) is 42.1 Å². The van der Waals surface area contributed by atoms with Crippen LogP contribution in [0.1, 0.15) is 37.0 Å². The van der Waals surface area contributed by atoms with Crippen molar-refractivity contribution in [2.24, 2.45) is 5.41 Å². The van der Waals surface area contributed by atoms with Crippen LogP contribution in [0.4, 0.5) is 0 Å². The molecule has 0 atom stereocenters. The van der Waals surface area contributed by atoms with Gasteiger partial charge in [-0.2, -0.15) is 0 Å². The average Bonchev–Trinajstić information content (AvgIpc) is 2.50. The van der Waals surface area contributed by atoms with Crippen LogP contribution >= 0.6 is 11.6 Å². The minimum absolute atomic E-state index is 0.0486. The number of aromatic nitrogens is 1. The summed E-state index contributed by atoms with van der Waals surface area (Å²) in [7, 11) is 0. The molecule has 1 N–H and O–H groups in total. The van der Waals surface area contributed by atoms with Gasteiger partial charge in [0, 0.05) is 29.6 Å². The van der Waals surface area contributed by atoms with Crippen molar-refractivity contribution in [2.75, 3.05) is 12.4 Å². The van der Waals surface area contributed by atoms with Gasteiger partial charge in [-0.15, -0.1) is 11.6 Å². The molecule has 0 aliphatic heterocycles. The Balaban J connectivity index is 2.09. The lowest BCUT2D eigenvalue weighted by atomic mass is 9.88. The molecule has 3 nitrogen and oxygen atoms in total. The van der Waals surface area contributed by atoms with Crippen molar-refractivity contribution >= 4 is 28.4 Å². The van der Waals surface area contributed by atoms with Gasteiger partial charge in [0.2, 0.25) is 0 Å². The van der Waals surface area contributed by atoms with Crippen LogP contribution in [0.2, 0.25) is 0 Å². The average molecular weight is 305 g/mol. The zero-order valence-corrected chi connectivity index (χ0v) is 13.3. The van der Waals surface area contributed by atoms with E-state index in [4.69, 9.17) is 11.6 Å². The molecule has 0 fully saturated rings. The summed E-state index contributed by atoms with van der Waals surface area (Å²) < 4.78 is 0. The smallest absolute Gasteiger partial charge is 0.251 e. The van der Waals surface area contributed by atoms with Crippen LogP contribution in [0.3, 0.4) is 0 Å². The normalized spacial score (nSPS) is 11.6. The van der Waals surface area contributed by atoms with E-state index in [0.29, 0.717) is 18.0 Å². The van der Waals surface area contributed by atoms with Gasteiger partial charge in [-0.25, -0.2) is 0 Å². The summed E-state index contributed by atoms with van der Waals surface area (Å²) in [6.07, 6.45) is 3.69. The van der Waals surface area contributed by atoms with Gasteiger partial charge in [0.05, 0.1) is 5.52 Å². The van der Waals surface area contributed by atoms with Crippen LogP contribution in [-0.2, 0) is 0 Å². The number of nitrogens with zero attached hydrogens (tertiary/aromatic N) is 1. The molecule has 0 spiro atoms. The Morgan fingerprint density at radius 1 is 1.29 bits per heavy atom. The quantitative estimate of drug-likeness (QED) is 0.819. The van der Waals surface area contributed by atoms with Crippen LogP contribution in [-0.4, -0.2) is 23.3 Å². The Bertz CT molecular complexity index is 620. The Kier molecular flexibility index (Phi) is 5.18. The molecule has 21 heavy (non-hydrogen) atoms. The fourth-order valence-corrected chi connectivity index (χ4v) is 2.48. The van der Waals surface area contributed by atoms with Crippen molar-refractivity contribution < 1.29 is 4.79 Å². The van der Waals surface area contributed by atoms with E-state index in [0.717, 1.165) is 23.7 Å². The SMILES string of the molecule is CC(C)(CCCCl)CNC(=O)c1cccc2ncccc12. The van der Waals surface area contributed by atoms with E-state index in [1.807, 2.05) is 30.3 Å². The molecule has 1 heterocycles. The van der Waals surface area contributed by atoms with E-state index in [1.54, 1.807) is 6.20 Å². The minimum atomic E-state index is -0.0486. The Labute approximate surface area is 130 Å². The van der Waals surface area contributed by atoms with E-state index >= 15 is 0 Å². The lowest BCUT2D eigenvalue weighted by Gasteiger charge is -2.24. The van der Waals surface area contributed by atoms with Gasteiger partial charge in [-0.3, -0.25) is 9.78 Å². The molecule has 2 aromatic rings. The minimum Gasteiger partial charge on any atom is -0.351 e. The topological polar surface area (TPSA) is 42.0 Å². The third-order valence-electron chi connectivity index (χ3n) is 3.60. The van der Waals surface area contributed by atoms with Crippen LogP contribution in [0, 0.1) is 5.41 Å². The maximum Gasteiger partial charge on any atom is 0.251 e. The van der Waals surface area contributed by atoms with Crippen LogP contribution < -0.4 is 5.32 Å². The van der Waals surface area contributed by atoms with Crippen molar-refractivity contribution in [3.63, 3.8) is 0 Å². The maximum atomic E-state index is 12.4. The fourth-order valence-electron chi connectivity index (χ4n) is 2.35. The molecular weight excluding hydrogens is 284 g/mol. The molecule has 0 aliphatic rings. The summed E-state index contributed by atoms with van der Waals surface area (Å²) in [6.45, 7) is 4.92. The molecule has 2 rings (SSSR count). The van der Waals surface area contributed by atoms with Gasteiger partial charge >= 0.3 is 0 Å². The largest absolute Gasteiger partial charge is 0.351 e. The number of carbonyl (C=O) groups excluding carboxylic acids is 1. The number of nitrogens with one attached hydrogen (secondary N) is 1. The Hall–Kier alpha value is -1.61. The number of halogens is 1. The van der Waals surface area contributed by atoms with Crippen molar-refractivity contribution in [1.29, 1.82) is 0 Å². The monoisotopic (exact) mass is 304 g/mol. The maximum absolute atomic E-state index is 12.4. The predicted molar refractivity (Wildman–Crippen MR) is 87.8 cm³/mol. The second-order valence-corrected chi connectivity index (χ2v) is 6.39. The first-order chi connectivity index (χ1) is 10.0. The zero-order chi connectivity index (χ0) is 15.3. The van der Waals surface area contributed by atoms with Crippen LogP contribution in [0.5, 0.6) is 0 Å². The molecule has 0 saturated carbocycles. The van der Waals surface area contributed by atoms with Gasteiger partial charge in [0.1, 0.15) is 0 Å². The molecule has 1 aromatic carbocycles. The van der Waals surface area contributed by atoms with Crippen molar-refractivity contribution in [1.82, 2.24) is 10.3 Å². The van der Waals surface area contributed by atoms with E-state index < -0.39 is 0 Å². The Morgan fingerprint density at radius 3 is 2.86 bits per heavy atom. The van der Waals surface area contributed by atoms with Crippen LogP contribution in [0.25, 0.3) is 10.9 Å². The highest BCUT2D eigenvalue weighted by Gasteiger charge is 2.19. The molecule has 4 heteroatoms. The number of hydrogen-bond donors (Lipinski definition) is 1. The lowest BCUT2D eigenvalue weighted by molar-refractivity contribution is 0.0936. The highest BCUT2D eigenvalue weighted by molar-refractivity contribution is 6.17. The second kappa shape index (κ2) is 6.90. The molecule has 0 unspecified atom stereocenters. The molecule has 0 bridgehead atoms. The van der Waals surface area contributed by atoms with E-state index in [2.05, 4.69) is 24.1 Å². The number of hydrogen-bond acceptors (Lipinski definition) is 2. The first-order valence-electron chi connectivity index (χ1n) is 7.21. The molecule has 0 saturated heterocycles. The number of fused-ring (bicyclic) bond motifs is 1. The van der Waals surface area contributed by atoms with Crippen LogP contribution in [0.15, 0.2) is 36.5 Å². The number of carbonyl (C=O) groups is 1. The molecule has 112 valence electrons. The summed E-state index contributed by atoms with van der Waals surface area (Å²) in [6, 6.07) is 9.39. The summed E-state index contributed by atoms with van der Waals surface area (Å²) in [5, 5.41) is 3.92. The van der Waals surface area contributed by atoms with Gasteiger partial charge in [-0.05, 0) is 36.5 Å². The first-order valence-corrected chi connectivity index (χ1v) is 7.75. The third-order valence-corrected chi connectivity index (χ3v) is 3.87. The number of alkyl halides is 1. The van der Waals surface area contributed by atoms with Gasteiger partial charge in [0.15, 0.2) is 0 Å².